The molecular weight excluding hydrogens is 238 g/mol. The van der Waals surface area contributed by atoms with Crippen LogP contribution < -0.4 is 0 Å². The number of benzene rings is 1. The van der Waals surface area contributed by atoms with E-state index in [1.54, 1.807) is 6.92 Å². The minimum atomic E-state index is -1.04. The molecule has 100 valence electrons. The molecule has 0 saturated heterocycles. The van der Waals surface area contributed by atoms with Crippen LogP contribution in [-0.2, 0) is 9.53 Å². The molecule has 1 aromatic rings. The molecule has 1 fully saturated rings. The molecular formula is C16H19NO2. The lowest BCUT2D eigenvalue weighted by molar-refractivity contribution is -0.148. The number of nitrogens with zero attached hydrogens (tertiary/aromatic N) is 1. The van der Waals surface area contributed by atoms with Gasteiger partial charge in [0, 0.05) is 11.3 Å². The number of aryl methyl sites for hydroxylation is 1. The number of hydrogen-bond acceptors (Lipinski definition) is 3. The number of rotatable bonds is 3. The Morgan fingerprint density at radius 2 is 1.95 bits per heavy atom. The molecule has 1 aliphatic rings. The van der Waals surface area contributed by atoms with Crippen molar-refractivity contribution < 1.29 is 9.53 Å². The molecule has 3 nitrogen and oxygen atoms in total. The first-order valence-corrected chi connectivity index (χ1v) is 6.57. The Balaban J connectivity index is 2.40. The van der Waals surface area contributed by atoms with Gasteiger partial charge in [0.1, 0.15) is 0 Å². The Kier molecular flexibility index (Phi) is 3.14. The highest BCUT2D eigenvalue weighted by Gasteiger charge is 2.78. The second-order valence-electron chi connectivity index (χ2n) is 5.71. The summed E-state index contributed by atoms with van der Waals surface area (Å²) in [6, 6.07) is 10.2. The van der Waals surface area contributed by atoms with Gasteiger partial charge in [-0.2, -0.15) is 5.26 Å². The van der Waals surface area contributed by atoms with Gasteiger partial charge in [-0.1, -0.05) is 43.7 Å². The summed E-state index contributed by atoms with van der Waals surface area (Å²) in [7, 11) is 0. The summed E-state index contributed by atoms with van der Waals surface area (Å²) in [6.07, 6.45) is 0. The second-order valence-corrected chi connectivity index (χ2v) is 5.71. The van der Waals surface area contributed by atoms with E-state index in [1.165, 1.54) is 5.56 Å². The molecule has 0 amide bonds. The minimum Gasteiger partial charge on any atom is -0.465 e. The Bertz CT molecular complexity index is 539. The van der Waals surface area contributed by atoms with Gasteiger partial charge in [0.15, 0.2) is 5.41 Å². The quantitative estimate of drug-likeness (QED) is 0.781. The summed E-state index contributed by atoms with van der Waals surface area (Å²) in [4.78, 5) is 12.2. The molecule has 19 heavy (non-hydrogen) atoms. The van der Waals surface area contributed by atoms with Crippen LogP contribution in [0.1, 0.15) is 37.8 Å². The Morgan fingerprint density at radius 3 is 2.42 bits per heavy atom. The summed E-state index contributed by atoms with van der Waals surface area (Å²) < 4.78 is 5.11. The molecule has 0 radical (unpaired) electrons. The van der Waals surface area contributed by atoms with Crippen LogP contribution in [0.2, 0.25) is 0 Å². The zero-order valence-electron chi connectivity index (χ0n) is 11.9. The largest absolute Gasteiger partial charge is 0.465 e. The van der Waals surface area contributed by atoms with Gasteiger partial charge in [0.2, 0.25) is 0 Å². The van der Waals surface area contributed by atoms with E-state index >= 15 is 0 Å². The van der Waals surface area contributed by atoms with E-state index in [0.717, 1.165) is 5.56 Å². The van der Waals surface area contributed by atoms with Crippen LogP contribution in [0.3, 0.4) is 0 Å². The van der Waals surface area contributed by atoms with Gasteiger partial charge in [-0.25, -0.2) is 0 Å². The van der Waals surface area contributed by atoms with Gasteiger partial charge in [-0.3, -0.25) is 4.79 Å². The van der Waals surface area contributed by atoms with E-state index in [-0.39, 0.29) is 11.3 Å². The van der Waals surface area contributed by atoms with Crippen molar-refractivity contribution in [3.63, 3.8) is 0 Å². The van der Waals surface area contributed by atoms with E-state index in [0.29, 0.717) is 6.61 Å². The Morgan fingerprint density at radius 1 is 1.37 bits per heavy atom. The lowest BCUT2D eigenvalue weighted by atomic mass is 9.97. The van der Waals surface area contributed by atoms with Crippen molar-refractivity contribution in [1.29, 1.82) is 5.26 Å². The highest BCUT2D eigenvalue weighted by molar-refractivity contribution is 5.88. The predicted molar refractivity (Wildman–Crippen MR) is 72.4 cm³/mol. The number of nitriles is 1. The molecule has 0 spiro atoms. The zero-order valence-corrected chi connectivity index (χ0v) is 11.9. The standard InChI is InChI=1S/C16H19NO2/c1-5-19-14(18)16(10-17)13(15(16,3)4)12-8-6-11(2)7-9-12/h6-9,13H,5H2,1-4H3. The van der Waals surface area contributed by atoms with Crippen LogP contribution in [0.15, 0.2) is 24.3 Å². The number of carbonyl (C=O) groups is 1. The first-order chi connectivity index (χ1) is 8.91. The lowest BCUT2D eigenvalue weighted by Gasteiger charge is -2.09. The average molecular weight is 257 g/mol. The lowest BCUT2D eigenvalue weighted by Crippen LogP contribution is -2.23. The molecule has 0 aromatic heterocycles. The topological polar surface area (TPSA) is 50.1 Å². The molecule has 3 heteroatoms. The van der Waals surface area contributed by atoms with Crippen LogP contribution in [-0.4, -0.2) is 12.6 Å². The molecule has 1 aliphatic carbocycles. The van der Waals surface area contributed by atoms with Crippen LogP contribution in [0.25, 0.3) is 0 Å². The number of carbonyl (C=O) groups excluding carboxylic acids is 1. The molecule has 0 N–H and O–H groups in total. The molecule has 2 rings (SSSR count). The van der Waals surface area contributed by atoms with Gasteiger partial charge in [0.25, 0.3) is 0 Å². The fraction of sp³-hybridized carbons (Fsp3) is 0.500. The first-order valence-electron chi connectivity index (χ1n) is 6.57. The second kappa shape index (κ2) is 4.38. The normalized spacial score (nSPS) is 27.4. The van der Waals surface area contributed by atoms with Gasteiger partial charge < -0.3 is 4.74 Å². The first kappa shape index (κ1) is 13.6. The molecule has 2 atom stereocenters. The average Bonchev–Trinajstić information content (AvgIpc) is 2.88. The molecule has 0 heterocycles. The van der Waals surface area contributed by atoms with Gasteiger partial charge in [-0.15, -0.1) is 0 Å². The molecule has 2 unspecified atom stereocenters. The molecule has 1 aromatic carbocycles. The minimum absolute atomic E-state index is 0.0929. The number of ether oxygens (including phenoxy) is 1. The summed E-state index contributed by atoms with van der Waals surface area (Å²) in [5.74, 6) is -0.488. The van der Waals surface area contributed by atoms with E-state index < -0.39 is 11.4 Å². The Hall–Kier alpha value is -1.82. The maximum atomic E-state index is 12.2. The van der Waals surface area contributed by atoms with Gasteiger partial charge >= 0.3 is 5.97 Å². The van der Waals surface area contributed by atoms with E-state index in [4.69, 9.17) is 4.74 Å². The van der Waals surface area contributed by atoms with E-state index in [9.17, 15) is 10.1 Å². The fourth-order valence-corrected chi connectivity index (χ4v) is 3.07. The van der Waals surface area contributed by atoms with Crippen molar-refractivity contribution in [2.45, 2.75) is 33.6 Å². The van der Waals surface area contributed by atoms with Gasteiger partial charge in [-0.05, 0) is 19.4 Å². The smallest absolute Gasteiger partial charge is 0.327 e. The highest BCUT2D eigenvalue weighted by Crippen LogP contribution is 2.74. The zero-order chi connectivity index (χ0) is 14.3. The third kappa shape index (κ3) is 1.74. The van der Waals surface area contributed by atoms with Crippen molar-refractivity contribution in [1.82, 2.24) is 0 Å². The van der Waals surface area contributed by atoms with Crippen LogP contribution >= 0.6 is 0 Å². The predicted octanol–water partition coefficient (Wildman–Crippen LogP) is 3.19. The van der Waals surface area contributed by atoms with Crippen LogP contribution in [0, 0.1) is 29.1 Å². The number of esters is 1. The van der Waals surface area contributed by atoms with E-state index in [1.807, 2.05) is 45.0 Å². The van der Waals surface area contributed by atoms with Crippen molar-refractivity contribution in [2.24, 2.45) is 10.8 Å². The number of hydrogen-bond donors (Lipinski definition) is 0. The van der Waals surface area contributed by atoms with Crippen molar-refractivity contribution in [2.75, 3.05) is 6.61 Å². The maximum absolute atomic E-state index is 12.2. The maximum Gasteiger partial charge on any atom is 0.327 e. The molecule has 0 aliphatic heterocycles. The summed E-state index contributed by atoms with van der Waals surface area (Å²) in [5.41, 5.74) is 0.771. The summed E-state index contributed by atoms with van der Waals surface area (Å²) in [6.45, 7) is 8.00. The third-order valence-electron chi connectivity index (χ3n) is 4.27. The van der Waals surface area contributed by atoms with Crippen LogP contribution in [0.4, 0.5) is 0 Å². The third-order valence-corrected chi connectivity index (χ3v) is 4.27. The molecule has 1 saturated carbocycles. The molecule has 0 bridgehead atoms. The van der Waals surface area contributed by atoms with Crippen molar-refractivity contribution >= 4 is 5.97 Å². The van der Waals surface area contributed by atoms with Crippen molar-refractivity contribution in [3.05, 3.63) is 35.4 Å². The summed E-state index contributed by atoms with van der Waals surface area (Å²) in [5, 5.41) is 9.52. The van der Waals surface area contributed by atoms with Crippen LogP contribution in [0.5, 0.6) is 0 Å². The fourth-order valence-electron chi connectivity index (χ4n) is 3.07. The monoisotopic (exact) mass is 257 g/mol. The highest BCUT2D eigenvalue weighted by atomic mass is 16.5. The SMILES string of the molecule is CCOC(=O)C1(C#N)C(c2ccc(C)cc2)C1(C)C. The van der Waals surface area contributed by atoms with Gasteiger partial charge in [0.05, 0.1) is 12.7 Å². The van der Waals surface area contributed by atoms with E-state index in [2.05, 4.69) is 6.07 Å². The Labute approximate surface area is 114 Å². The summed E-state index contributed by atoms with van der Waals surface area (Å²) >= 11 is 0. The van der Waals surface area contributed by atoms with Crippen molar-refractivity contribution in [3.8, 4) is 6.07 Å².